The van der Waals surface area contributed by atoms with Crippen LogP contribution in [-0.4, -0.2) is 67.2 Å². The van der Waals surface area contributed by atoms with Crippen LogP contribution in [0.1, 0.15) is 26.5 Å². The number of piperazine rings is 1. The number of hydrogen-bond acceptors (Lipinski definition) is 5. The summed E-state index contributed by atoms with van der Waals surface area (Å²) >= 11 is 0. The van der Waals surface area contributed by atoms with Crippen LogP contribution >= 0.6 is 0 Å². The summed E-state index contributed by atoms with van der Waals surface area (Å²) in [6.07, 6.45) is 0. The number of sulfonamides is 1. The highest BCUT2D eigenvalue weighted by atomic mass is 32.2. The van der Waals surface area contributed by atoms with Crippen molar-refractivity contribution in [1.82, 2.24) is 14.4 Å². The smallest absolute Gasteiger partial charge is 0.275 e. The second-order valence-corrected chi connectivity index (χ2v) is 9.37. The fourth-order valence-corrected chi connectivity index (χ4v) is 3.75. The summed E-state index contributed by atoms with van der Waals surface area (Å²) in [6, 6.07) is 3.08. The van der Waals surface area contributed by atoms with E-state index in [9.17, 15) is 18.0 Å². The van der Waals surface area contributed by atoms with Crippen molar-refractivity contribution in [2.24, 2.45) is 5.92 Å². The molecule has 0 atom stereocenters. The van der Waals surface area contributed by atoms with Gasteiger partial charge in [0.1, 0.15) is 12.2 Å². The molecule has 1 amide bonds. The molecule has 9 heteroatoms. The number of amides is 1. The molecular weight excluding hydrogens is 368 g/mol. The number of aryl methyl sites for hydroxylation is 1. The summed E-state index contributed by atoms with van der Waals surface area (Å²) < 4.78 is 27.1. The number of hydrogen-bond donors (Lipinski definition) is 1. The number of pyridine rings is 1. The van der Waals surface area contributed by atoms with Crippen LogP contribution in [0.4, 0.5) is 5.69 Å². The van der Waals surface area contributed by atoms with Crippen LogP contribution in [0, 0.1) is 12.8 Å². The highest BCUT2D eigenvalue weighted by molar-refractivity contribution is 7.92. The summed E-state index contributed by atoms with van der Waals surface area (Å²) in [5.74, 6) is 0.336. The van der Waals surface area contributed by atoms with Gasteiger partial charge < -0.3 is 9.47 Å². The predicted molar refractivity (Wildman–Crippen MR) is 106 cm³/mol. The Balaban J connectivity index is 2.09. The van der Waals surface area contributed by atoms with Gasteiger partial charge in [0, 0.05) is 38.4 Å². The van der Waals surface area contributed by atoms with Crippen LogP contribution in [0.2, 0.25) is 0 Å². The molecule has 1 aromatic heterocycles. The van der Waals surface area contributed by atoms with Crippen LogP contribution in [0.25, 0.3) is 0 Å². The van der Waals surface area contributed by atoms with E-state index in [-0.39, 0.29) is 23.9 Å². The third kappa shape index (κ3) is 5.80. The van der Waals surface area contributed by atoms with Gasteiger partial charge in [0.25, 0.3) is 5.56 Å². The number of rotatable bonds is 7. The Morgan fingerprint density at radius 2 is 1.81 bits per heavy atom. The maximum absolute atomic E-state index is 12.7. The Morgan fingerprint density at radius 1 is 1.19 bits per heavy atom. The SMILES string of the molecule is CCS(=O)(=O)Nc1ccc(C)n(CC(=O)N2CCN(CC(C)C)CC2)c1=O. The molecule has 1 aliphatic rings. The molecule has 1 fully saturated rings. The van der Waals surface area contributed by atoms with Gasteiger partial charge in [0.15, 0.2) is 0 Å². The van der Waals surface area contributed by atoms with Crippen LogP contribution in [0.3, 0.4) is 0 Å². The summed E-state index contributed by atoms with van der Waals surface area (Å²) in [5, 5.41) is 0. The normalized spacial score (nSPS) is 16.0. The van der Waals surface area contributed by atoms with E-state index < -0.39 is 15.6 Å². The molecule has 2 heterocycles. The molecule has 1 aromatic rings. The minimum absolute atomic E-state index is 0.0306. The molecule has 1 aliphatic heterocycles. The molecule has 0 unspecified atom stereocenters. The number of aromatic nitrogens is 1. The van der Waals surface area contributed by atoms with Gasteiger partial charge in [-0.25, -0.2) is 8.42 Å². The van der Waals surface area contributed by atoms with Crippen molar-refractivity contribution in [3.8, 4) is 0 Å². The Hall–Kier alpha value is -1.87. The standard InChI is InChI=1S/C18H30N4O4S/c1-5-27(25,26)19-16-7-6-15(4)22(18(16)24)13-17(23)21-10-8-20(9-11-21)12-14(2)3/h6-7,14,19H,5,8-13H2,1-4H3. The fourth-order valence-electron chi connectivity index (χ4n) is 3.12. The average Bonchev–Trinajstić information content (AvgIpc) is 2.61. The lowest BCUT2D eigenvalue weighted by Crippen LogP contribution is -2.50. The quantitative estimate of drug-likeness (QED) is 0.731. The monoisotopic (exact) mass is 398 g/mol. The van der Waals surface area contributed by atoms with E-state index in [4.69, 9.17) is 0 Å². The second kappa shape index (κ2) is 8.88. The van der Waals surface area contributed by atoms with E-state index in [1.165, 1.54) is 17.6 Å². The minimum Gasteiger partial charge on any atom is -0.339 e. The van der Waals surface area contributed by atoms with Gasteiger partial charge in [0.05, 0.1) is 5.75 Å². The van der Waals surface area contributed by atoms with E-state index in [2.05, 4.69) is 23.5 Å². The molecule has 0 bridgehead atoms. The van der Waals surface area contributed by atoms with Gasteiger partial charge in [-0.05, 0) is 31.9 Å². The first kappa shape index (κ1) is 21.4. The molecule has 27 heavy (non-hydrogen) atoms. The molecule has 1 N–H and O–H groups in total. The zero-order chi connectivity index (χ0) is 20.2. The van der Waals surface area contributed by atoms with Gasteiger partial charge >= 0.3 is 0 Å². The summed E-state index contributed by atoms with van der Waals surface area (Å²) in [7, 11) is -3.55. The highest BCUT2D eigenvalue weighted by Gasteiger charge is 2.23. The Bertz CT molecular complexity index is 824. The van der Waals surface area contributed by atoms with Crippen molar-refractivity contribution in [2.75, 3.05) is 43.2 Å². The Labute approximate surface area is 161 Å². The Morgan fingerprint density at radius 3 is 2.37 bits per heavy atom. The van der Waals surface area contributed by atoms with Crippen LogP contribution in [-0.2, 0) is 21.4 Å². The minimum atomic E-state index is -3.55. The molecule has 0 aliphatic carbocycles. The molecule has 0 spiro atoms. The third-order valence-electron chi connectivity index (χ3n) is 4.68. The molecule has 0 aromatic carbocycles. The van der Waals surface area contributed by atoms with E-state index in [0.717, 1.165) is 19.6 Å². The summed E-state index contributed by atoms with van der Waals surface area (Å²) in [6.45, 7) is 11.4. The van der Waals surface area contributed by atoms with E-state index in [1.807, 2.05) is 0 Å². The maximum Gasteiger partial charge on any atom is 0.275 e. The number of nitrogens with zero attached hydrogens (tertiary/aromatic N) is 3. The molecular formula is C18H30N4O4S. The molecule has 0 saturated carbocycles. The zero-order valence-electron chi connectivity index (χ0n) is 16.6. The average molecular weight is 399 g/mol. The summed E-state index contributed by atoms with van der Waals surface area (Å²) in [4.78, 5) is 29.4. The molecule has 0 radical (unpaired) electrons. The van der Waals surface area contributed by atoms with Gasteiger partial charge in [-0.2, -0.15) is 0 Å². The first-order valence-corrected chi connectivity index (χ1v) is 11.0. The predicted octanol–water partition coefficient (Wildman–Crippen LogP) is 0.719. The third-order valence-corrected chi connectivity index (χ3v) is 5.97. The topological polar surface area (TPSA) is 91.7 Å². The van der Waals surface area contributed by atoms with E-state index >= 15 is 0 Å². The lowest BCUT2D eigenvalue weighted by Gasteiger charge is -2.35. The highest BCUT2D eigenvalue weighted by Crippen LogP contribution is 2.09. The van der Waals surface area contributed by atoms with Crippen molar-refractivity contribution in [2.45, 2.75) is 34.2 Å². The van der Waals surface area contributed by atoms with Gasteiger partial charge in [0.2, 0.25) is 15.9 Å². The largest absolute Gasteiger partial charge is 0.339 e. The van der Waals surface area contributed by atoms with Gasteiger partial charge in [-0.1, -0.05) is 13.8 Å². The van der Waals surface area contributed by atoms with Crippen molar-refractivity contribution in [3.05, 3.63) is 28.2 Å². The van der Waals surface area contributed by atoms with Crippen LogP contribution in [0.15, 0.2) is 16.9 Å². The first-order chi connectivity index (χ1) is 12.6. The summed E-state index contributed by atoms with van der Waals surface area (Å²) in [5.41, 5.74) is 0.0852. The van der Waals surface area contributed by atoms with Crippen molar-refractivity contribution < 1.29 is 13.2 Å². The number of nitrogens with one attached hydrogen (secondary N) is 1. The number of anilines is 1. The Kier molecular flexibility index (Phi) is 7.05. The van der Waals surface area contributed by atoms with Gasteiger partial charge in [-0.15, -0.1) is 0 Å². The van der Waals surface area contributed by atoms with Crippen molar-refractivity contribution in [3.63, 3.8) is 0 Å². The maximum atomic E-state index is 12.7. The lowest BCUT2D eigenvalue weighted by molar-refractivity contribution is -0.133. The molecule has 8 nitrogen and oxygen atoms in total. The number of carbonyl (C=O) groups excluding carboxylic acids is 1. The zero-order valence-corrected chi connectivity index (χ0v) is 17.4. The van der Waals surface area contributed by atoms with Crippen LogP contribution in [0.5, 0.6) is 0 Å². The molecule has 152 valence electrons. The molecule has 2 rings (SSSR count). The molecule has 1 saturated heterocycles. The van der Waals surface area contributed by atoms with E-state index in [1.54, 1.807) is 17.9 Å². The lowest BCUT2D eigenvalue weighted by atomic mass is 10.2. The van der Waals surface area contributed by atoms with Gasteiger partial charge in [-0.3, -0.25) is 19.2 Å². The van der Waals surface area contributed by atoms with Crippen molar-refractivity contribution in [1.29, 1.82) is 0 Å². The second-order valence-electron chi connectivity index (χ2n) is 7.36. The van der Waals surface area contributed by atoms with E-state index in [0.29, 0.717) is 24.7 Å². The number of carbonyl (C=O) groups is 1. The first-order valence-electron chi connectivity index (χ1n) is 9.34. The fraction of sp³-hybridized carbons (Fsp3) is 0.667. The van der Waals surface area contributed by atoms with Crippen LogP contribution < -0.4 is 10.3 Å². The van der Waals surface area contributed by atoms with Crippen molar-refractivity contribution >= 4 is 21.6 Å².